The average Bonchev–Trinajstić information content (AvgIpc) is 1.89. The fourth-order valence-electron chi connectivity index (χ4n) is 0.610. The minimum absolute atomic E-state index is 0. The molecule has 1 aromatic carbocycles. The number of ether oxygens (including phenoxy) is 1. The van der Waals surface area contributed by atoms with Gasteiger partial charge in [-0.05, 0) is 12.1 Å². The quantitative estimate of drug-likeness (QED) is 0.611. The van der Waals surface area contributed by atoms with E-state index in [0.29, 0.717) is 5.02 Å². The standard InChI is InChI=1S/C7H7ClO.CH4/c1-9-7-5-3-2-4-6(7)8;/h2-5H,1H3;1H4. The normalized spacial score (nSPS) is 8.20. The number of methoxy groups -OCH3 is 1. The van der Waals surface area contributed by atoms with Crippen LogP contribution in [-0.2, 0) is 0 Å². The zero-order chi connectivity index (χ0) is 6.69. The van der Waals surface area contributed by atoms with E-state index in [2.05, 4.69) is 0 Å². The van der Waals surface area contributed by atoms with Gasteiger partial charge in [0.05, 0.1) is 12.1 Å². The number of hydrogen-bond acceptors (Lipinski definition) is 1. The summed E-state index contributed by atoms with van der Waals surface area (Å²) in [5.41, 5.74) is 0. The van der Waals surface area contributed by atoms with Crippen molar-refractivity contribution in [1.82, 2.24) is 0 Å². The van der Waals surface area contributed by atoms with Gasteiger partial charge in [-0.25, -0.2) is 0 Å². The van der Waals surface area contributed by atoms with Crippen LogP contribution in [0.3, 0.4) is 0 Å². The van der Waals surface area contributed by atoms with Crippen LogP contribution >= 0.6 is 11.6 Å². The molecule has 1 nitrogen and oxygen atoms in total. The van der Waals surface area contributed by atoms with Crippen LogP contribution in [0.4, 0.5) is 0 Å². The Kier molecular flexibility index (Phi) is 3.89. The molecule has 10 heavy (non-hydrogen) atoms. The zero-order valence-electron chi connectivity index (χ0n) is 5.10. The van der Waals surface area contributed by atoms with Gasteiger partial charge in [0.2, 0.25) is 0 Å². The number of benzene rings is 1. The molecule has 0 unspecified atom stereocenters. The average molecular weight is 159 g/mol. The van der Waals surface area contributed by atoms with Gasteiger partial charge in [-0.1, -0.05) is 31.2 Å². The summed E-state index contributed by atoms with van der Waals surface area (Å²) in [4.78, 5) is 0. The number of para-hydroxylation sites is 1. The highest BCUT2D eigenvalue weighted by atomic mass is 35.5. The molecular formula is C8H11ClO. The Labute approximate surface area is 66.6 Å². The van der Waals surface area contributed by atoms with E-state index >= 15 is 0 Å². The van der Waals surface area contributed by atoms with E-state index in [-0.39, 0.29) is 7.43 Å². The lowest BCUT2D eigenvalue weighted by atomic mass is 10.3. The first-order valence-electron chi connectivity index (χ1n) is 2.63. The minimum atomic E-state index is 0. The Hall–Kier alpha value is -0.690. The summed E-state index contributed by atoms with van der Waals surface area (Å²) in [5.74, 6) is 0.721. The summed E-state index contributed by atoms with van der Waals surface area (Å²) in [6.07, 6.45) is 0. The van der Waals surface area contributed by atoms with Gasteiger partial charge < -0.3 is 4.74 Å². The second-order valence-corrected chi connectivity index (χ2v) is 2.04. The maximum Gasteiger partial charge on any atom is 0.137 e. The van der Waals surface area contributed by atoms with Crippen LogP contribution in [0.5, 0.6) is 5.75 Å². The van der Waals surface area contributed by atoms with E-state index in [1.165, 1.54) is 0 Å². The summed E-state index contributed by atoms with van der Waals surface area (Å²) in [6, 6.07) is 7.36. The molecule has 0 heterocycles. The summed E-state index contributed by atoms with van der Waals surface area (Å²) in [7, 11) is 1.60. The lowest BCUT2D eigenvalue weighted by molar-refractivity contribution is 0.415. The second-order valence-electron chi connectivity index (χ2n) is 1.63. The lowest BCUT2D eigenvalue weighted by Crippen LogP contribution is -1.81. The second kappa shape index (κ2) is 4.18. The van der Waals surface area contributed by atoms with Crippen molar-refractivity contribution in [2.24, 2.45) is 0 Å². The highest BCUT2D eigenvalue weighted by Gasteiger charge is 1.93. The molecular weight excluding hydrogens is 148 g/mol. The van der Waals surface area contributed by atoms with Crippen molar-refractivity contribution in [3.05, 3.63) is 29.3 Å². The molecule has 1 rings (SSSR count). The van der Waals surface area contributed by atoms with Crippen LogP contribution in [0, 0.1) is 0 Å². The first-order chi connectivity index (χ1) is 4.34. The molecule has 0 aliphatic rings. The zero-order valence-corrected chi connectivity index (χ0v) is 5.85. The molecule has 1 aromatic rings. The van der Waals surface area contributed by atoms with Gasteiger partial charge in [0.1, 0.15) is 5.75 Å². The van der Waals surface area contributed by atoms with Gasteiger partial charge in [-0.15, -0.1) is 0 Å². The molecule has 0 aromatic heterocycles. The van der Waals surface area contributed by atoms with Crippen molar-refractivity contribution in [2.45, 2.75) is 7.43 Å². The van der Waals surface area contributed by atoms with E-state index < -0.39 is 0 Å². The van der Waals surface area contributed by atoms with Crippen LogP contribution in [0.25, 0.3) is 0 Å². The van der Waals surface area contributed by atoms with Gasteiger partial charge in [0.15, 0.2) is 0 Å². The van der Waals surface area contributed by atoms with E-state index in [1.54, 1.807) is 13.2 Å². The first-order valence-corrected chi connectivity index (χ1v) is 3.01. The number of hydrogen-bond donors (Lipinski definition) is 0. The third kappa shape index (κ3) is 1.92. The lowest BCUT2D eigenvalue weighted by Gasteiger charge is -1.98. The predicted molar refractivity (Wildman–Crippen MR) is 44.7 cm³/mol. The van der Waals surface area contributed by atoms with Crippen molar-refractivity contribution in [1.29, 1.82) is 0 Å². The van der Waals surface area contributed by atoms with Gasteiger partial charge in [-0.3, -0.25) is 0 Å². The van der Waals surface area contributed by atoms with Crippen molar-refractivity contribution < 1.29 is 4.74 Å². The molecule has 0 N–H and O–H groups in total. The van der Waals surface area contributed by atoms with Gasteiger partial charge in [0.25, 0.3) is 0 Å². The molecule has 0 saturated heterocycles. The maximum atomic E-state index is 5.70. The third-order valence-corrected chi connectivity index (χ3v) is 1.37. The number of rotatable bonds is 1. The van der Waals surface area contributed by atoms with Gasteiger partial charge in [0, 0.05) is 0 Å². The van der Waals surface area contributed by atoms with Crippen molar-refractivity contribution in [2.75, 3.05) is 7.11 Å². The highest BCUT2D eigenvalue weighted by Crippen LogP contribution is 2.21. The van der Waals surface area contributed by atoms with E-state index in [4.69, 9.17) is 16.3 Å². The van der Waals surface area contributed by atoms with E-state index in [1.807, 2.05) is 18.2 Å². The maximum absolute atomic E-state index is 5.70. The molecule has 0 radical (unpaired) electrons. The van der Waals surface area contributed by atoms with Crippen LogP contribution < -0.4 is 4.74 Å². The van der Waals surface area contributed by atoms with E-state index in [0.717, 1.165) is 5.75 Å². The van der Waals surface area contributed by atoms with Crippen LogP contribution in [0.1, 0.15) is 7.43 Å². The summed E-state index contributed by atoms with van der Waals surface area (Å²) >= 11 is 5.70. The summed E-state index contributed by atoms with van der Waals surface area (Å²) < 4.78 is 4.91. The minimum Gasteiger partial charge on any atom is -0.495 e. The Balaban J connectivity index is 0.000000810. The Morgan fingerprint density at radius 2 is 1.90 bits per heavy atom. The summed E-state index contributed by atoms with van der Waals surface area (Å²) in [6.45, 7) is 0. The largest absolute Gasteiger partial charge is 0.495 e. The Bertz CT molecular complexity index is 198. The van der Waals surface area contributed by atoms with E-state index in [9.17, 15) is 0 Å². The van der Waals surface area contributed by atoms with Crippen LogP contribution in [0.2, 0.25) is 5.02 Å². The molecule has 2 heteroatoms. The molecule has 0 bridgehead atoms. The number of halogens is 1. The third-order valence-electron chi connectivity index (χ3n) is 1.06. The van der Waals surface area contributed by atoms with Crippen LogP contribution in [-0.4, -0.2) is 7.11 Å². The van der Waals surface area contributed by atoms with Gasteiger partial charge in [-0.2, -0.15) is 0 Å². The molecule has 0 fully saturated rings. The van der Waals surface area contributed by atoms with Crippen molar-refractivity contribution in [3.63, 3.8) is 0 Å². The fourth-order valence-corrected chi connectivity index (χ4v) is 0.823. The molecule has 0 atom stereocenters. The Morgan fingerprint density at radius 1 is 1.30 bits per heavy atom. The molecule has 56 valence electrons. The van der Waals surface area contributed by atoms with Crippen molar-refractivity contribution in [3.8, 4) is 5.75 Å². The molecule has 0 spiro atoms. The van der Waals surface area contributed by atoms with Gasteiger partial charge >= 0.3 is 0 Å². The van der Waals surface area contributed by atoms with Crippen molar-refractivity contribution >= 4 is 11.6 Å². The first kappa shape index (κ1) is 9.31. The van der Waals surface area contributed by atoms with Crippen LogP contribution in [0.15, 0.2) is 24.3 Å². The predicted octanol–water partition coefficient (Wildman–Crippen LogP) is 2.98. The smallest absolute Gasteiger partial charge is 0.137 e. The highest BCUT2D eigenvalue weighted by molar-refractivity contribution is 6.32. The summed E-state index contributed by atoms with van der Waals surface area (Å²) in [5, 5.41) is 0.653. The fraction of sp³-hybridized carbons (Fsp3) is 0.250. The Morgan fingerprint density at radius 3 is 2.30 bits per heavy atom. The monoisotopic (exact) mass is 158 g/mol. The SMILES string of the molecule is C.COc1ccccc1Cl. The molecule has 0 aliphatic carbocycles. The molecule has 0 saturated carbocycles. The topological polar surface area (TPSA) is 9.23 Å². The molecule has 0 amide bonds. The molecule has 0 aliphatic heterocycles.